The lowest BCUT2D eigenvalue weighted by molar-refractivity contribution is 0.297. The molecule has 0 aromatic carbocycles. The van der Waals surface area contributed by atoms with Crippen LogP contribution in [0.15, 0.2) is 4.52 Å². The van der Waals surface area contributed by atoms with Crippen LogP contribution in [0.25, 0.3) is 0 Å². The monoisotopic (exact) mass is 281 g/mol. The Balaban J connectivity index is 1.88. The van der Waals surface area contributed by atoms with Gasteiger partial charge in [-0.15, -0.1) is 21.5 Å². The second-order valence-electron chi connectivity index (χ2n) is 5.09. The minimum Gasteiger partial charge on any atom is -0.339 e. The molecule has 0 radical (unpaired) electrons. The smallest absolute Gasteiger partial charge is 0.226 e. The zero-order chi connectivity index (χ0) is 13.8. The number of aryl methyl sites for hydroxylation is 1. The Bertz CT molecular complexity index is 522. The molecule has 0 atom stereocenters. The Labute approximate surface area is 116 Å². The van der Waals surface area contributed by atoms with Gasteiger partial charge >= 0.3 is 0 Å². The first kappa shape index (κ1) is 14.1. The minimum absolute atomic E-state index is 0.524. The Morgan fingerprint density at radius 2 is 2.05 bits per heavy atom. The topological polar surface area (TPSA) is 67.9 Å². The van der Waals surface area contributed by atoms with Crippen LogP contribution in [0.4, 0.5) is 0 Å². The van der Waals surface area contributed by atoms with E-state index < -0.39 is 0 Å². The summed E-state index contributed by atoms with van der Waals surface area (Å²) in [6.07, 6.45) is 0.826. The number of hydrogen-bond donors (Lipinski definition) is 0. The average Bonchev–Trinajstić information content (AvgIpc) is 2.88. The molecule has 0 aliphatic rings. The van der Waals surface area contributed by atoms with E-state index in [2.05, 4.69) is 39.1 Å². The highest BCUT2D eigenvalue weighted by molar-refractivity contribution is 7.11. The molecular weight excluding hydrogens is 262 g/mol. The summed E-state index contributed by atoms with van der Waals surface area (Å²) in [5, 5.41) is 14.1. The first-order chi connectivity index (χ1) is 9.02. The van der Waals surface area contributed by atoms with Gasteiger partial charge < -0.3 is 4.52 Å². The molecule has 0 aliphatic heterocycles. The van der Waals surface area contributed by atoms with Crippen molar-refractivity contribution in [1.29, 1.82) is 0 Å². The molecule has 0 amide bonds. The Kier molecular flexibility index (Phi) is 4.60. The van der Waals surface area contributed by atoms with E-state index >= 15 is 0 Å². The van der Waals surface area contributed by atoms with Gasteiger partial charge in [-0.25, -0.2) is 0 Å². The molecule has 0 spiro atoms. The van der Waals surface area contributed by atoms with Gasteiger partial charge in [-0.1, -0.05) is 19.0 Å². The Morgan fingerprint density at radius 1 is 1.26 bits per heavy atom. The Morgan fingerprint density at radius 3 is 2.68 bits per heavy atom. The van der Waals surface area contributed by atoms with E-state index in [0.717, 1.165) is 28.8 Å². The van der Waals surface area contributed by atoms with E-state index in [-0.39, 0.29) is 0 Å². The summed E-state index contributed by atoms with van der Waals surface area (Å²) in [6.45, 7) is 7.62. The second kappa shape index (κ2) is 6.21. The van der Waals surface area contributed by atoms with Crippen LogP contribution < -0.4 is 0 Å². The van der Waals surface area contributed by atoms with E-state index in [1.54, 1.807) is 11.3 Å². The van der Waals surface area contributed by atoms with Crippen molar-refractivity contribution in [2.75, 3.05) is 7.05 Å². The van der Waals surface area contributed by atoms with Gasteiger partial charge in [0.15, 0.2) is 5.82 Å². The first-order valence-electron chi connectivity index (χ1n) is 6.32. The van der Waals surface area contributed by atoms with Crippen molar-refractivity contribution in [3.63, 3.8) is 0 Å². The lowest BCUT2D eigenvalue weighted by atomic mass is 10.1. The molecule has 2 aromatic rings. The summed E-state index contributed by atoms with van der Waals surface area (Å²) < 4.78 is 5.22. The van der Waals surface area contributed by atoms with Crippen molar-refractivity contribution >= 4 is 11.3 Å². The quantitative estimate of drug-likeness (QED) is 0.807. The summed E-state index contributed by atoms with van der Waals surface area (Å²) in [7, 11) is 2.01. The Hall–Kier alpha value is -1.34. The first-order valence-corrected chi connectivity index (χ1v) is 7.13. The maximum Gasteiger partial charge on any atom is 0.226 e. The third-order valence-corrected chi connectivity index (χ3v) is 3.30. The maximum absolute atomic E-state index is 5.22. The SMILES string of the molecule is Cc1nnc(CN(C)Cc2noc(CC(C)C)n2)s1. The molecule has 7 heteroatoms. The molecule has 19 heavy (non-hydrogen) atoms. The third kappa shape index (κ3) is 4.36. The van der Waals surface area contributed by atoms with Gasteiger partial charge in [-0.2, -0.15) is 4.98 Å². The highest BCUT2D eigenvalue weighted by Gasteiger charge is 2.11. The molecule has 104 valence electrons. The van der Waals surface area contributed by atoms with Crippen LogP contribution in [0.3, 0.4) is 0 Å². The van der Waals surface area contributed by atoms with Crippen LogP contribution in [0.5, 0.6) is 0 Å². The highest BCUT2D eigenvalue weighted by atomic mass is 32.1. The van der Waals surface area contributed by atoms with E-state index in [0.29, 0.717) is 18.4 Å². The van der Waals surface area contributed by atoms with Gasteiger partial charge in [0, 0.05) is 6.42 Å². The van der Waals surface area contributed by atoms with Crippen molar-refractivity contribution in [2.45, 2.75) is 40.3 Å². The van der Waals surface area contributed by atoms with Crippen molar-refractivity contribution in [3.05, 3.63) is 21.7 Å². The standard InChI is InChI=1S/C12H19N5OS/c1-8(2)5-11-13-10(16-18-11)6-17(4)7-12-15-14-9(3)19-12/h8H,5-7H2,1-4H3. The van der Waals surface area contributed by atoms with Gasteiger partial charge in [0.25, 0.3) is 0 Å². The summed E-state index contributed by atoms with van der Waals surface area (Å²) in [6, 6.07) is 0. The van der Waals surface area contributed by atoms with Gasteiger partial charge in [-0.3, -0.25) is 4.90 Å². The number of aromatic nitrogens is 4. The lowest BCUT2D eigenvalue weighted by Gasteiger charge is -2.11. The zero-order valence-electron chi connectivity index (χ0n) is 11.8. The molecule has 0 saturated carbocycles. The average molecular weight is 281 g/mol. The van der Waals surface area contributed by atoms with Crippen molar-refractivity contribution in [1.82, 2.24) is 25.2 Å². The zero-order valence-corrected chi connectivity index (χ0v) is 12.6. The van der Waals surface area contributed by atoms with E-state index in [1.807, 2.05) is 14.0 Å². The molecule has 0 saturated heterocycles. The molecule has 0 aliphatic carbocycles. The highest BCUT2D eigenvalue weighted by Crippen LogP contribution is 2.12. The second-order valence-corrected chi connectivity index (χ2v) is 6.36. The van der Waals surface area contributed by atoms with Gasteiger partial charge in [-0.05, 0) is 19.9 Å². The van der Waals surface area contributed by atoms with Crippen LogP contribution in [-0.2, 0) is 19.5 Å². The fourth-order valence-corrected chi connectivity index (χ4v) is 2.51. The molecule has 2 rings (SSSR count). The summed E-state index contributed by atoms with van der Waals surface area (Å²) in [4.78, 5) is 6.49. The van der Waals surface area contributed by atoms with Crippen LogP contribution in [0.1, 0.15) is 35.6 Å². The molecule has 2 heterocycles. The molecule has 2 aromatic heterocycles. The van der Waals surface area contributed by atoms with E-state index in [4.69, 9.17) is 4.52 Å². The minimum atomic E-state index is 0.524. The van der Waals surface area contributed by atoms with Crippen LogP contribution in [0, 0.1) is 12.8 Å². The van der Waals surface area contributed by atoms with Crippen molar-refractivity contribution < 1.29 is 4.52 Å². The molecular formula is C12H19N5OS. The number of nitrogens with zero attached hydrogens (tertiary/aromatic N) is 5. The molecule has 0 N–H and O–H groups in total. The summed E-state index contributed by atoms with van der Waals surface area (Å²) in [5.41, 5.74) is 0. The van der Waals surface area contributed by atoms with E-state index in [1.165, 1.54) is 0 Å². The maximum atomic E-state index is 5.22. The molecule has 0 fully saturated rings. The van der Waals surface area contributed by atoms with Crippen LogP contribution in [0.2, 0.25) is 0 Å². The fraction of sp³-hybridized carbons (Fsp3) is 0.667. The predicted octanol–water partition coefficient (Wildman–Crippen LogP) is 2.06. The van der Waals surface area contributed by atoms with Crippen LogP contribution in [-0.4, -0.2) is 32.3 Å². The molecule has 6 nitrogen and oxygen atoms in total. The number of hydrogen-bond acceptors (Lipinski definition) is 7. The van der Waals surface area contributed by atoms with Gasteiger partial charge in [0.2, 0.25) is 5.89 Å². The molecule has 0 bridgehead atoms. The fourth-order valence-electron chi connectivity index (χ4n) is 1.72. The van der Waals surface area contributed by atoms with Gasteiger partial charge in [0.1, 0.15) is 10.0 Å². The van der Waals surface area contributed by atoms with Crippen molar-refractivity contribution in [3.8, 4) is 0 Å². The van der Waals surface area contributed by atoms with Crippen LogP contribution >= 0.6 is 11.3 Å². The largest absolute Gasteiger partial charge is 0.339 e. The molecule has 0 unspecified atom stereocenters. The number of rotatable bonds is 6. The third-order valence-electron chi connectivity index (χ3n) is 2.48. The lowest BCUT2D eigenvalue weighted by Crippen LogP contribution is -2.18. The predicted molar refractivity (Wildman–Crippen MR) is 72.7 cm³/mol. The summed E-state index contributed by atoms with van der Waals surface area (Å²) in [5.74, 6) is 1.96. The van der Waals surface area contributed by atoms with E-state index in [9.17, 15) is 0 Å². The van der Waals surface area contributed by atoms with Gasteiger partial charge in [0.05, 0.1) is 13.1 Å². The normalized spacial score (nSPS) is 11.7. The summed E-state index contributed by atoms with van der Waals surface area (Å²) >= 11 is 1.61. The van der Waals surface area contributed by atoms with Crippen molar-refractivity contribution in [2.24, 2.45) is 5.92 Å².